The van der Waals surface area contributed by atoms with Crippen LogP contribution in [0.15, 0.2) is 94.4 Å². The largest absolute Gasteiger partial charge is 0.744 e. The van der Waals surface area contributed by atoms with Crippen LogP contribution in [0.4, 0.5) is 11.4 Å². The second-order valence-corrected chi connectivity index (χ2v) is 22.5. The number of rotatable bonds is 25. The van der Waals surface area contributed by atoms with Crippen LogP contribution in [0.5, 0.6) is 0 Å². The summed E-state index contributed by atoms with van der Waals surface area (Å²) in [7, 11) is -5.00. The second kappa shape index (κ2) is 23.6. The normalized spacial score (nSPS) is 18.1. The lowest BCUT2D eigenvalue weighted by molar-refractivity contribution is -0.438. The summed E-state index contributed by atoms with van der Waals surface area (Å²) in [6.07, 6.45) is 13.6. The Morgan fingerprint density at radius 1 is 0.746 bits per heavy atom. The summed E-state index contributed by atoms with van der Waals surface area (Å²) in [4.78, 5) is 43.8. The van der Waals surface area contributed by atoms with Crippen molar-refractivity contribution in [2.75, 3.05) is 77.6 Å². The Balaban J connectivity index is 1.18. The van der Waals surface area contributed by atoms with Crippen LogP contribution in [-0.2, 0) is 69.0 Å². The average Bonchev–Trinajstić information content (AvgIpc) is 3.87. The van der Waals surface area contributed by atoms with Gasteiger partial charge in [0, 0.05) is 87.6 Å². The fourth-order valence-corrected chi connectivity index (χ4v) is 12.1. The van der Waals surface area contributed by atoms with Gasteiger partial charge in [0.15, 0.2) is 15.5 Å². The Labute approximate surface area is 418 Å². The van der Waals surface area contributed by atoms with Crippen LogP contribution in [0.1, 0.15) is 102 Å². The SMILES string of the molecule is COCCOCCCS(=O)(=O)c1ccc(-c2ccc3c(c2)C2(CCCCC2)C(=CC=CC2=[N+](CCCCCC(=O)ON4C(=O)CCC4=O)c4ccc(S(=O)(=O)[O-])cc4C2(C)C)N3CCOCCOC)cc1. The molecule has 0 atom stereocenters. The van der Waals surface area contributed by atoms with E-state index in [1.54, 1.807) is 32.4 Å². The summed E-state index contributed by atoms with van der Waals surface area (Å²) in [5.74, 6) is -1.72. The predicted molar refractivity (Wildman–Crippen MR) is 266 cm³/mol. The molecule has 3 aromatic carbocycles. The van der Waals surface area contributed by atoms with E-state index in [2.05, 4.69) is 45.9 Å². The van der Waals surface area contributed by atoms with Gasteiger partial charge in [0.2, 0.25) is 5.69 Å². The number of amides is 2. The lowest BCUT2D eigenvalue weighted by atomic mass is 9.68. The first-order valence-corrected chi connectivity index (χ1v) is 27.7. The number of allylic oxidation sites excluding steroid dienone is 4. The predicted octanol–water partition coefficient (Wildman–Crippen LogP) is 7.45. The van der Waals surface area contributed by atoms with E-state index in [9.17, 15) is 35.8 Å². The summed E-state index contributed by atoms with van der Waals surface area (Å²) < 4.78 is 87.2. The number of methoxy groups -OCH3 is 2. The molecule has 4 aliphatic rings. The molecular formula is C53H67N3O13S2. The van der Waals surface area contributed by atoms with Crippen LogP contribution in [-0.4, -0.2) is 127 Å². The highest BCUT2D eigenvalue weighted by Gasteiger charge is 2.48. The number of imide groups is 1. The maximum absolute atomic E-state index is 13.2. The summed E-state index contributed by atoms with van der Waals surface area (Å²) in [6, 6.07) is 18.2. The molecule has 0 N–H and O–H groups in total. The van der Waals surface area contributed by atoms with Gasteiger partial charge in [0.25, 0.3) is 11.8 Å². The van der Waals surface area contributed by atoms with Crippen molar-refractivity contribution in [3.05, 3.63) is 95.7 Å². The van der Waals surface area contributed by atoms with Crippen molar-refractivity contribution in [2.24, 2.45) is 0 Å². The molecule has 1 aliphatic carbocycles. The molecule has 16 nitrogen and oxygen atoms in total. The van der Waals surface area contributed by atoms with Crippen LogP contribution in [0.25, 0.3) is 11.1 Å². The molecule has 7 rings (SSSR count). The summed E-state index contributed by atoms with van der Waals surface area (Å²) in [5, 5.41) is 0.558. The van der Waals surface area contributed by atoms with E-state index >= 15 is 0 Å². The zero-order valence-electron chi connectivity index (χ0n) is 41.3. The van der Waals surface area contributed by atoms with E-state index in [0.717, 1.165) is 66.0 Å². The highest BCUT2D eigenvalue weighted by molar-refractivity contribution is 7.91. The number of unbranched alkanes of at least 4 members (excludes halogenated alkanes) is 2. The van der Waals surface area contributed by atoms with Gasteiger partial charge in [-0.1, -0.05) is 43.5 Å². The van der Waals surface area contributed by atoms with E-state index in [-0.39, 0.29) is 40.2 Å². The molecule has 384 valence electrons. The van der Waals surface area contributed by atoms with Gasteiger partial charge in [-0.15, -0.1) is 5.06 Å². The number of carbonyl (C=O) groups excluding carboxylic acids is 3. The number of fused-ring (bicyclic) bond motifs is 3. The number of ether oxygens (including phenoxy) is 4. The highest BCUT2D eigenvalue weighted by atomic mass is 32.2. The lowest BCUT2D eigenvalue weighted by Crippen LogP contribution is -2.34. The summed E-state index contributed by atoms with van der Waals surface area (Å²) in [5.41, 5.74) is 6.73. The Hall–Kier alpha value is -5.08. The summed E-state index contributed by atoms with van der Waals surface area (Å²) in [6.45, 7) is 7.74. The number of anilines is 1. The molecule has 18 heteroatoms. The molecule has 0 radical (unpaired) electrons. The molecule has 2 amide bonds. The summed E-state index contributed by atoms with van der Waals surface area (Å²) >= 11 is 0. The minimum absolute atomic E-state index is 0.0147. The van der Waals surface area contributed by atoms with Crippen LogP contribution in [0, 0.1) is 0 Å². The number of hydrogen-bond acceptors (Lipinski definition) is 14. The van der Waals surface area contributed by atoms with E-state index in [0.29, 0.717) is 89.0 Å². The third kappa shape index (κ3) is 12.4. The number of hydrogen-bond donors (Lipinski definition) is 0. The van der Waals surface area contributed by atoms with Gasteiger partial charge >= 0.3 is 5.97 Å². The first-order chi connectivity index (χ1) is 34.0. The molecule has 1 spiro atoms. The topological polar surface area (TPSA) is 198 Å². The molecule has 0 unspecified atom stereocenters. The van der Waals surface area contributed by atoms with E-state index < -0.39 is 43.2 Å². The monoisotopic (exact) mass is 1020 g/mol. The zero-order chi connectivity index (χ0) is 50.8. The van der Waals surface area contributed by atoms with Crippen molar-refractivity contribution in [1.29, 1.82) is 0 Å². The molecule has 3 aromatic rings. The Morgan fingerprint density at radius 2 is 1.41 bits per heavy atom. The first kappa shape index (κ1) is 53.7. The molecule has 0 aromatic heterocycles. The maximum atomic E-state index is 13.2. The van der Waals surface area contributed by atoms with Gasteiger partial charge in [0.1, 0.15) is 16.7 Å². The molecule has 1 saturated carbocycles. The van der Waals surface area contributed by atoms with Gasteiger partial charge < -0.3 is 33.2 Å². The van der Waals surface area contributed by atoms with Crippen molar-refractivity contribution in [1.82, 2.24) is 5.06 Å². The number of carbonyl (C=O) groups is 3. The fourth-order valence-electron chi connectivity index (χ4n) is 10.3. The van der Waals surface area contributed by atoms with Crippen LogP contribution >= 0.6 is 0 Å². The molecule has 2 fully saturated rings. The Bertz CT molecular complexity index is 2730. The van der Waals surface area contributed by atoms with E-state index in [4.69, 9.17) is 23.8 Å². The minimum Gasteiger partial charge on any atom is -0.744 e. The Morgan fingerprint density at radius 3 is 2.08 bits per heavy atom. The third-order valence-corrected chi connectivity index (χ3v) is 16.6. The van der Waals surface area contributed by atoms with Crippen molar-refractivity contribution >= 4 is 54.8 Å². The second-order valence-electron chi connectivity index (χ2n) is 19.0. The van der Waals surface area contributed by atoms with Crippen molar-refractivity contribution < 1.29 is 64.1 Å². The number of nitrogens with zero attached hydrogens (tertiary/aromatic N) is 3. The third-order valence-electron chi connectivity index (χ3n) is 14.0. The van der Waals surface area contributed by atoms with Crippen LogP contribution in [0.2, 0.25) is 0 Å². The van der Waals surface area contributed by atoms with Gasteiger partial charge in [-0.05, 0) is 105 Å². The fraction of sp³-hybridized carbons (Fsp3) is 0.509. The number of benzene rings is 3. The lowest BCUT2D eigenvalue weighted by Gasteiger charge is -2.37. The molecular weight excluding hydrogens is 951 g/mol. The zero-order valence-corrected chi connectivity index (χ0v) is 43.0. The smallest absolute Gasteiger partial charge is 0.333 e. The van der Waals surface area contributed by atoms with Gasteiger partial charge in [-0.2, -0.15) is 4.58 Å². The Kier molecular flexibility index (Phi) is 17.9. The molecule has 3 aliphatic heterocycles. The van der Waals surface area contributed by atoms with Crippen molar-refractivity contribution in [3.63, 3.8) is 0 Å². The average molecular weight is 1020 g/mol. The van der Waals surface area contributed by atoms with E-state index in [1.165, 1.54) is 17.7 Å². The molecule has 0 bridgehead atoms. The number of sulfone groups is 1. The minimum atomic E-state index is -4.73. The molecule has 71 heavy (non-hydrogen) atoms. The van der Waals surface area contributed by atoms with Crippen molar-refractivity contribution in [3.8, 4) is 11.1 Å². The highest BCUT2D eigenvalue weighted by Crippen LogP contribution is 2.56. The van der Waals surface area contributed by atoms with E-state index in [1.807, 2.05) is 26.0 Å². The van der Waals surface area contributed by atoms with Gasteiger partial charge in [-0.25, -0.2) is 21.6 Å². The van der Waals surface area contributed by atoms with Crippen LogP contribution in [0.3, 0.4) is 0 Å². The van der Waals surface area contributed by atoms with Crippen LogP contribution < -0.4 is 4.90 Å². The van der Waals surface area contributed by atoms with Crippen molar-refractivity contribution in [2.45, 2.75) is 112 Å². The standard InChI is InChI=1S/C53H67N3O13S2/c1-52(2)43-38-42(71(62,63)64)21-23-45(43)54(28-10-5-7-15-51(59)69-56-49(57)24-25-50(56)58)47(52)13-11-14-48-53(26-8-6-9-27-53)44-37-40(18-22-46(44)55(48)29-31-68-35-33-66-4)39-16-19-41(20-17-39)70(60,61)36-12-30-67-34-32-65-3/h11,13-14,16-23,37-38H,5-10,12,15,24-36H2,1-4H3. The maximum Gasteiger partial charge on any atom is 0.333 e. The first-order valence-electron chi connectivity index (χ1n) is 24.6. The number of hydroxylamine groups is 2. The molecule has 1 saturated heterocycles. The van der Waals surface area contributed by atoms with Gasteiger partial charge in [0.05, 0.1) is 54.0 Å². The van der Waals surface area contributed by atoms with Gasteiger partial charge in [-0.3, -0.25) is 9.59 Å². The quantitative estimate of drug-likeness (QED) is 0.0351. The molecule has 3 heterocycles.